The fourth-order valence-corrected chi connectivity index (χ4v) is 6.01. The van der Waals surface area contributed by atoms with Crippen molar-refractivity contribution in [1.29, 1.82) is 0 Å². The summed E-state index contributed by atoms with van der Waals surface area (Å²) in [6.45, 7) is 2.10. The molecular formula is C46H77O11P. The molecule has 0 amide bonds. The summed E-state index contributed by atoms with van der Waals surface area (Å²) >= 11 is 0. The summed E-state index contributed by atoms with van der Waals surface area (Å²) in [6.07, 6.45) is 44.5. The van der Waals surface area contributed by atoms with Crippen molar-refractivity contribution in [2.75, 3.05) is 26.4 Å². The molecule has 1 unspecified atom stereocenters. The molecule has 0 rings (SSSR count). The first-order valence-electron chi connectivity index (χ1n) is 21.7. The Bertz CT molecular complexity index is 1250. The van der Waals surface area contributed by atoms with Crippen molar-refractivity contribution >= 4 is 19.8 Å². The molecule has 12 heteroatoms. The van der Waals surface area contributed by atoms with Crippen molar-refractivity contribution in [1.82, 2.24) is 0 Å². The zero-order valence-corrected chi connectivity index (χ0v) is 36.5. The Kier molecular flexibility index (Phi) is 38.8. The molecule has 11 nitrogen and oxygen atoms in total. The minimum atomic E-state index is -4.65. The summed E-state index contributed by atoms with van der Waals surface area (Å²) in [4.78, 5) is 35.0. The van der Waals surface area contributed by atoms with Crippen LogP contribution in [0.4, 0.5) is 0 Å². The van der Waals surface area contributed by atoms with Crippen LogP contribution in [0.25, 0.3) is 0 Å². The van der Waals surface area contributed by atoms with Crippen LogP contribution < -0.4 is 0 Å². The van der Waals surface area contributed by atoms with Crippen LogP contribution in [0.2, 0.25) is 0 Å². The molecule has 0 aromatic heterocycles. The maximum atomic E-state index is 12.6. The minimum Gasteiger partial charge on any atom is -0.462 e. The number of hydrogen-bond acceptors (Lipinski definition) is 10. The molecule has 332 valence electrons. The average Bonchev–Trinajstić information content (AvgIpc) is 3.20. The number of hydrogen-bond donors (Lipinski definition) is 4. The van der Waals surface area contributed by atoms with Gasteiger partial charge in [0.25, 0.3) is 0 Å². The first kappa shape index (κ1) is 55.1. The van der Waals surface area contributed by atoms with Crippen LogP contribution in [-0.2, 0) is 32.7 Å². The Labute approximate surface area is 350 Å². The van der Waals surface area contributed by atoms with E-state index in [1.807, 2.05) is 36.5 Å². The molecule has 0 saturated carbocycles. The number of unbranched alkanes of at least 4 members (excludes halogenated alkanes) is 10. The number of phosphoric acid groups is 1. The second-order valence-corrected chi connectivity index (χ2v) is 15.7. The molecule has 0 aromatic carbocycles. The number of esters is 2. The van der Waals surface area contributed by atoms with Crippen molar-refractivity contribution < 1.29 is 52.9 Å². The normalized spacial score (nSPS) is 15.2. The first-order valence-corrected chi connectivity index (χ1v) is 23.1. The molecule has 58 heavy (non-hydrogen) atoms. The second kappa shape index (κ2) is 40.9. The summed E-state index contributed by atoms with van der Waals surface area (Å²) in [6, 6.07) is 0. The van der Waals surface area contributed by atoms with Crippen LogP contribution in [0.1, 0.15) is 149 Å². The number of carbonyl (C=O) groups excluding carboxylic acids is 2. The van der Waals surface area contributed by atoms with Gasteiger partial charge in [0, 0.05) is 12.8 Å². The van der Waals surface area contributed by atoms with E-state index in [1.165, 1.54) is 19.3 Å². The Hall–Kier alpha value is -2.89. The highest BCUT2D eigenvalue weighted by molar-refractivity contribution is 7.47. The Morgan fingerprint density at radius 3 is 1.72 bits per heavy atom. The van der Waals surface area contributed by atoms with Crippen molar-refractivity contribution in [3.05, 3.63) is 85.1 Å². The molecule has 0 fully saturated rings. The van der Waals surface area contributed by atoms with Gasteiger partial charge in [-0.1, -0.05) is 144 Å². The van der Waals surface area contributed by atoms with Gasteiger partial charge in [-0.2, -0.15) is 0 Å². The van der Waals surface area contributed by atoms with Crippen LogP contribution in [0, 0.1) is 0 Å². The number of allylic oxidation sites excluding steroid dienone is 13. The SMILES string of the molecule is CCCCC/C=C\C/C=C\C/C=C\CCCCCCC(=O)O[C@H](COC(=O)CCC/C=C\C/C=C\C/C=C\C=C\[C@H](O)CCCCC)COP(=O)(O)OC[C@@H](O)CO. The van der Waals surface area contributed by atoms with Gasteiger partial charge in [0.2, 0.25) is 0 Å². The van der Waals surface area contributed by atoms with Gasteiger partial charge >= 0.3 is 19.8 Å². The van der Waals surface area contributed by atoms with Gasteiger partial charge in [0.05, 0.1) is 25.9 Å². The van der Waals surface area contributed by atoms with Crippen LogP contribution in [0.15, 0.2) is 85.1 Å². The third kappa shape index (κ3) is 39.9. The summed E-state index contributed by atoms with van der Waals surface area (Å²) in [5, 5.41) is 28.2. The molecule has 4 atom stereocenters. The number of carbonyl (C=O) groups is 2. The van der Waals surface area contributed by atoms with E-state index in [1.54, 1.807) is 0 Å². The topological polar surface area (TPSA) is 169 Å². The molecule has 0 aliphatic rings. The van der Waals surface area contributed by atoms with Gasteiger partial charge in [-0.3, -0.25) is 18.6 Å². The predicted octanol–water partition coefficient (Wildman–Crippen LogP) is 10.4. The standard InChI is InChI=1S/C46H77O11P/c1-3-5-7-8-9-10-11-12-13-14-15-16-19-23-26-29-33-37-46(51)57-44(41-56-58(52,53)55-39-43(49)38-47)40-54-45(50)36-32-28-25-22-20-17-18-21-24-27-31-35-42(48)34-30-6-4-2/h9-10,12-13,15-18,22,24-25,27,31,35,42-44,47-49H,3-8,11,14,19-21,23,26,28-30,32-34,36-41H2,1-2H3,(H,52,53)/b10-9-,13-12-,16-15-,18-17-,25-22-,27-24-,35-31+/t42-,43+,44-/m1/s1. The van der Waals surface area contributed by atoms with E-state index in [-0.39, 0.29) is 25.6 Å². The van der Waals surface area contributed by atoms with Crippen molar-refractivity contribution in [3.8, 4) is 0 Å². The summed E-state index contributed by atoms with van der Waals surface area (Å²) in [5.41, 5.74) is 0. The third-order valence-electron chi connectivity index (χ3n) is 8.63. The van der Waals surface area contributed by atoms with E-state index in [9.17, 15) is 29.3 Å². The fourth-order valence-electron chi connectivity index (χ4n) is 5.22. The highest BCUT2D eigenvalue weighted by atomic mass is 31.2. The van der Waals surface area contributed by atoms with E-state index in [2.05, 4.69) is 67.0 Å². The molecule has 0 saturated heterocycles. The van der Waals surface area contributed by atoms with E-state index >= 15 is 0 Å². The minimum absolute atomic E-state index is 0.133. The monoisotopic (exact) mass is 837 g/mol. The van der Waals surface area contributed by atoms with E-state index in [0.29, 0.717) is 19.3 Å². The van der Waals surface area contributed by atoms with Gasteiger partial charge in [0.15, 0.2) is 6.10 Å². The van der Waals surface area contributed by atoms with Crippen molar-refractivity contribution in [2.24, 2.45) is 0 Å². The Morgan fingerprint density at radius 1 is 0.586 bits per heavy atom. The summed E-state index contributed by atoms with van der Waals surface area (Å²) < 4.78 is 32.6. The number of phosphoric ester groups is 1. The molecule has 0 bridgehead atoms. The molecule has 4 N–H and O–H groups in total. The van der Waals surface area contributed by atoms with Crippen LogP contribution in [-0.4, -0.2) is 76.9 Å². The molecular weight excluding hydrogens is 759 g/mol. The number of ether oxygens (including phenoxy) is 2. The van der Waals surface area contributed by atoms with Crippen LogP contribution >= 0.6 is 7.82 Å². The zero-order chi connectivity index (χ0) is 42.8. The molecule has 0 aliphatic heterocycles. The molecule has 0 aliphatic carbocycles. The quantitative estimate of drug-likeness (QED) is 0.0153. The van der Waals surface area contributed by atoms with Gasteiger partial charge in [-0.15, -0.1) is 0 Å². The maximum Gasteiger partial charge on any atom is 0.472 e. The fraction of sp³-hybridized carbons (Fsp3) is 0.652. The molecule has 0 radical (unpaired) electrons. The van der Waals surface area contributed by atoms with E-state index in [4.69, 9.17) is 19.1 Å². The predicted molar refractivity (Wildman–Crippen MR) is 234 cm³/mol. The highest BCUT2D eigenvalue weighted by Gasteiger charge is 2.27. The van der Waals surface area contributed by atoms with E-state index < -0.39 is 51.8 Å². The second-order valence-electron chi connectivity index (χ2n) is 14.2. The molecule has 0 spiro atoms. The lowest BCUT2D eigenvalue weighted by Gasteiger charge is -2.20. The molecule has 0 aromatic rings. The number of rotatable bonds is 39. The average molecular weight is 837 g/mol. The maximum absolute atomic E-state index is 12.6. The number of aliphatic hydroxyl groups excluding tert-OH is 3. The summed E-state index contributed by atoms with van der Waals surface area (Å²) in [5.74, 6) is -1.05. The summed E-state index contributed by atoms with van der Waals surface area (Å²) in [7, 11) is -4.65. The van der Waals surface area contributed by atoms with Crippen LogP contribution in [0.3, 0.4) is 0 Å². The van der Waals surface area contributed by atoms with Gasteiger partial charge in [-0.25, -0.2) is 4.57 Å². The van der Waals surface area contributed by atoms with Crippen LogP contribution in [0.5, 0.6) is 0 Å². The highest BCUT2D eigenvalue weighted by Crippen LogP contribution is 2.43. The van der Waals surface area contributed by atoms with Crippen molar-refractivity contribution in [3.63, 3.8) is 0 Å². The zero-order valence-electron chi connectivity index (χ0n) is 35.6. The smallest absolute Gasteiger partial charge is 0.462 e. The lowest BCUT2D eigenvalue weighted by Crippen LogP contribution is -2.29. The third-order valence-corrected chi connectivity index (χ3v) is 9.58. The Balaban J connectivity index is 4.50. The van der Waals surface area contributed by atoms with Gasteiger partial charge < -0.3 is 29.7 Å². The Morgan fingerprint density at radius 2 is 1.10 bits per heavy atom. The number of aliphatic hydroxyl groups is 3. The molecule has 0 heterocycles. The van der Waals surface area contributed by atoms with Crippen molar-refractivity contribution in [2.45, 2.75) is 167 Å². The van der Waals surface area contributed by atoms with Gasteiger partial charge in [-0.05, 0) is 77.0 Å². The lowest BCUT2D eigenvalue weighted by molar-refractivity contribution is -0.161. The van der Waals surface area contributed by atoms with E-state index in [0.717, 1.165) is 83.5 Å². The lowest BCUT2D eigenvalue weighted by atomic mass is 10.1. The van der Waals surface area contributed by atoms with Gasteiger partial charge in [0.1, 0.15) is 12.7 Å². The largest absolute Gasteiger partial charge is 0.472 e. The first-order chi connectivity index (χ1) is 28.1.